The quantitative estimate of drug-likeness (QED) is 0.913. The van der Waals surface area contributed by atoms with Crippen LogP contribution in [0.4, 0.5) is 10.8 Å². The molecule has 1 aromatic heterocycles. The minimum absolute atomic E-state index is 0.0350. The van der Waals surface area contributed by atoms with Gasteiger partial charge in [-0.2, -0.15) is 0 Å². The number of aryl methyl sites for hydroxylation is 1. The van der Waals surface area contributed by atoms with E-state index in [1.165, 1.54) is 11.3 Å². The Kier molecular flexibility index (Phi) is 2.94. The van der Waals surface area contributed by atoms with Gasteiger partial charge in [-0.3, -0.25) is 4.79 Å². The van der Waals surface area contributed by atoms with Gasteiger partial charge in [0, 0.05) is 12.7 Å². The molecule has 19 heavy (non-hydrogen) atoms. The summed E-state index contributed by atoms with van der Waals surface area (Å²) in [5.41, 5.74) is 2.08. The molecule has 0 saturated heterocycles. The molecule has 1 aromatic carbocycles. The summed E-state index contributed by atoms with van der Waals surface area (Å²) in [6, 6.07) is 7.91. The second-order valence-electron chi connectivity index (χ2n) is 4.54. The minimum Gasteiger partial charge on any atom is -0.353 e. The Bertz CT molecular complexity index is 625. The monoisotopic (exact) mass is 274 g/mol. The second kappa shape index (κ2) is 4.62. The van der Waals surface area contributed by atoms with Crippen LogP contribution in [0.5, 0.6) is 0 Å². The van der Waals surface area contributed by atoms with E-state index in [0.717, 1.165) is 21.4 Å². The van der Waals surface area contributed by atoms with Crippen molar-refractivity contribution in [3.63, 3.8) is 0 Å². The average molecular weight is 274 g/mol. The van der Waals surface area contributed by atoms with Crippen LogP contribution < -0.4 is 10.2 Å². The number of hydrogen-bond donors (Lipinski definition) is 1. The molecule has 1 amide bonds. The molecular formula is C13H14N4OS. The first-order valence-corrected chi connectivity index (χ1v) is 6.89. The lowest BCUT2D eigenvalue weighted by Gasteiger charge is -2.31. The molecule has 6 heteroatoms. The first kappa shape index (κ1) is 12.1. The molecule has 1 atom stereocenters. The molecule has 1 aliphatic rings. The van der Waals surface area contributed by atoms with Gasteiger partial charge in [-0.15, -0.1) is 10.2 Å². The van der Waals surface area contributed by atoms with Crippen molar-refractivity contribution in [1.82, 2.24) is 10.2 Å². The highest BCUT2D eigenvalue weighted by molar-refractivity contribution is 7.15. The maximum Gasteiger partial charge on any atom is 0.229 e. The number of nitrogens with zero attached hydrogens (tertiary/aromatic N) is 3. The smallest absolute Gasteiger partial charge is 0.229 e. The van der Waals surface area contributed by atoms with Crippen LogP contribution in [0, 0.1) is 6.92 Å². The van der Waals surface area contributed by atoms with E-state index in [0.29, 0.717) is 6.42 Å². The van der Waals surface area contributed by atoms with Crippen LogP contribution in [-0.2, 0) is 4.79 Å². The van der Waals surface area contributed by atoms with Gasteiger partial charge in [0.05, 0.1) is 12.5 Å². The molecule has 0 fully saturated rings. The number of carbonyl (C=O) groups excluding carboxylic acids is 1. The van der Waals surface area contributed by atoms with Gasteiger partial charge >= 0.3 is 0 Å². The number of benzene rings is 1. The normalized spacial score (nSPS) is 18.3. The van der Waals surface area contributed by atoms with Crippen LogP contribution in [0.1, 0.15) is 23.0 Å². The van der Waals surface area contributed by atoms with Gasteiger partial charge in [-0.1, -0.05) is 29.5 Å². The van der Waals surface area contributed by atoms with E-state index in [-0.39, 0.29) is 11.9 Å². The Morgan fingerprint density at radius 3 is 2.89 bits per heavy atom. The summed E-state index contributed by atoms with van der Waals surface area (Å²) in [6.45, 7) is 1.91. The molecule has 0 bridgehead atoms. The zero-order valence-corrected chi connectivity index (χ0v) is 11.6. The minimum atomic E-state index is -0.0350. The summed E-state index contributed by atoms with van der Waals surface area (Å²) in [7, 11) is 1.81. The molecule has 0 radical (unpaired) electrons. The van der Waals surface area contributed by atoms with Crippen LogP contribution in [0.25, 0.3) is 0 Å². The van der Waals surface area contributed by atoms with E-state index in [1.807, 2.05) is 38.2 Å². The Morgan fingerprint density at radius 2 is 2.16 bits per heavy atom. The Labute approximate surface area is 115 Å². The van der Waals surface area contributed by atoms with Crippen LogP contribution in [0.2, 0.25) is 0 Å². The summed E-state index contributed by atoms with van der Waals surface area (Å²) in [4.78, 5) is 13.7. The molecule has 1 N–H and O–H groups in total. The number of anilines is 2. The molecule has 5 nitrogen and oxygen atoms in total. The van der Waals surface area contributed by atoms with Gasteiger partial charge in [0.1, 0.15) is 5.01 Å². The lowest BCUT2D eigenvalue weighted by atomic mass is 9.96. The zero-order valence-electron chi connectivity index (χ0n) is 10.8. The average Bonchev–Trinajstić information content (AvgIpc) is 2.81. The van der Waals surface area contributed by atoms with Crippen LogP contribution in [0.3, 0.4) is 0 Å². The summed E-state index contributed by atoms with van der Waals surface area (Å²) < 4.78 is 0. The third-order valence-corrected chi connectivity index (χ3v) is 4.02. The first-order valence-electron chi connectivity index (χ1n) is 6.07. The second-order valence-corrected chi connectivity index (χ2v) is 5.72. The van der Waals surface area contributed by atoms with E-state index in [4.69, 9.17) is 0 Å². The van der Waals surface area contributed by atoms with Crippen molar-refractivity contribution in [3.05, 3.63) is 34.8 Å². The highest BCUT2D eigenvalue weighted by Gasteiger charge is 2.29. The summed E-state index contributed by atoms with van der Waals surface area (Å²) >= 11 is 1.50. The number of amides is 1. The highest BCUT2D eigenvalue weighted by Crippen LogP contribution is 2.35. The summed E-state index contributed by atoms with van der Waals surface area (Å²) in [5.74, 6) is 0.109. The molecule has 1 unspecified atom stereocenters. The number of rotatable bonds is 2. The number of para-hydroxylation sites is 1. The fraction of sp³-hybridized carbons (Fsp3) is 0.308. The number of nitrogens with one attached hydrogen (secondary N) is 1. The molecule has 2 heterocycles. The van der Waals surface area contributed by atoms with E-state index in [9.17, 15) is 4.79 Å². The maximum atomic E-state index is 12.0. The molecule has 2 aromatic rings. The number of carbonyl (C=O) groups is 1. The summed E-state index contributed by atoms with van der Waals surface area (Å²) in [5, 5.41) is 13.0. The lowest BCUT2D eigenvalue weighted by molar-refractivity contribution is -0.118. The molecular weight excluding hydrogens is 260 g/mol. The number of fused-ring (bicyclic) bond motifs is 1. The van der Waals surface area contributed by atoms with Crippen molar-refractivity contribution in [1.29, 1.82) is 0 Å². The third kappa shape index (κ3) is 2.19. The van der Waals surface area contributed by atoms with Gasteiger partial charge in [0.2, 0.25) is 11.0 Å². The van der Waals surface area contributed by atoms with Crippen molar-refractivity contribution in [3.8, 4) is 0 Å². The molecule has 98 valence electrons. The first-order chi connectivity index (χ1) is 9.15. The Hall–Kier alpha value is -1.95. The number of aromatic nitrogens is 2. The van der Waals surface area contributed by atoms with Crippen molar-refractivity contribution >= 4 is 28.1 Å². The van der Waals surface area contributed by atoms with Gasteiger partial charge in [0.15, 0.2) is 0 Å². The van der Waals surface area contributed by atoms with Gasteiger partial charge in [-0.05, 0) is 18.6 Å². The largest absolute Gasteiger partial charge is 0.353 e. The van der Waals surface area contributed by atoms with E-state index in [2.05, 4.69) is 15.5 Å². The molecule has 0 saturated carbocycles. The van der Waals surface area contributed by atoms with Gasteiger partial charge in [-0.25, -0.2) is 0 Å². The molecule has 0 aliphatic carbocycles. The molecule has 1 aliphatic heterocycles. The topological polar surface area (TPSA) is 58.1 Å². The van der Waals surface area contributed by atoms with Crippen molar-refractivity contribution < 1.29 is 4.79 Å². The molecule has 0 spiro atoms. The van der Waals surface area contributed by atoms with Crippen LogP contribution in [-0.4, -0.2) is 23.2 Å². The van der Waals surface area contributed by atoms with Crippen molar-refractivity contribution in [2.75, 3.05) is 17.3 Å². The SMILES string of the molecule is Cc1nnc(NC2CC(=O)N(C)c3ccccc32)s1. The Morgan fingerprint density at radius 1 is 1.37 bits per heavy atom. The standard InChI is InChI=1S/C13H14N4OS/c1-8-15-16-13(19-8)14-10-7-12(18)17(2)11-6-4-3-5-9(10)11/h3-6,10H,7H2,1-2H3,(H,14,16). The van der Waals surface area contributed by atoms with E-state index >= 15 is 0 Å². The lowest BCUT2D eigenvalue weighted by Crippen LogP contribution is -2.35. The Balaban J connectivity index is 1.94. The predicted molar refractivity (Wildman–Crippen MR) is 75.5 cm³/mol. The van der Waals surface area contributed by atoms with Gasteiger partial charge in [0.25, 0.3) is 0 Å². The third-order valence-electron chi connectivity index (χ3n) is 3.25. The van der Waals surface area contributed by atoms with E-state index in [1.54, 1.807) is 4.90 Å². The summed E-state index contributed by atoms with van der Waals surface area (Å²) in [6.07, 6.45) is 0.437. The maximum absolute atomic E-state index is 12.0. The highest BCUT2D eigenvalue weighted by atomic mass is 32.1. The molecule has 3 rings (SSSR count). The van der Waals surface area contributed by atoms with Crippen LogP contribution in [0.15, 0.2) is 24.3 Å². The van der Waals surface area contributed by atoms with E-state index < -0.39 is 0 Å². The van der Waals surface area contributed by atoms with Crippen molar-refractivity contribution in [2.24, 2.45) is 0 Å². The zero-order chi connectivity index (χ0) is 13.4. The fourth-order valence-electron chi connectivity index (χ4n) is 2.28. The fourth-order valence-corrected chi connectivity index (χ4v) is 2.92. The predicted octanol–water partition coefficient (Wildman–Crippen LogP) is 2.37. The number of hydrogen-bond acceptors (Lipinski definition) is 5. The van der Waals surface area contributed by atoms with Crippen molar-refractivity contribution in [2.45, 2.75) is 19.4 Å². The van der Waals surface area contributed by atoms with Gasteiger partial charge < -0.3 is 10.2 Å². The van der Waals surface area contributed by atoms with Crippen LogP contribution >= 0.6 is 11.3 Å².